The van der Waals surface area contributed by atoms with Crippen LogP contribution in [0.1, 0.15) is 18.4 Å². The molecule has 2 amide bonds. The SMILES string of the molecule is Cc1cc(NC(=O)C[NH+]2CCC[C@H](C(N)=O)C2)ccc1Br. The van der Waals surface area contributed by atoms with Crippen LogP contribution in [0.4, 0.5) is 5.69 Å². The van der Waals surface area contributed by atoms with Crippen molar-refractivity contribution in [2.45, 2.75) is 19.8 Å². The fraction of sp³-hybridized carbons (Fsp3) is 0.467. The summed E-state index contributed by atoms with van der Waals surface area (Å²) in [7, 11) is 0. The molecule has 0 radical (unpaired) electrons. The van der Waals surface area contributed by atoms with Gasteiger partial charge in [0.25, 0.3) is 5.91 Å². The van der Waals surface area contributed by atoms with Crippen molar-refractivity contribution in [2.24, 2.45) is 11.7 Å². The lowest BCUT2D eigenvalue weighted by atomic mass is 9.97. The highest BCUT2D eigenvalue weighted by atomic mass is 79.9. The van der Waals surface area contributed by atoms with Gasteiger partial charge in [-0.2, -0.15) is 0 Å². The first-order valence-electron chi connectivity index (χ1n) is 7.14. The fourth-order valence-corrected chi connectivity index (χ4v) is 2.96. The van der Waals surface area contributed by atoms with Gasteiger partial charge in [-0.25, -0.2) is 0 Å². The summed E-state index contributed by atoms with van der Waals surface area (Å²) in [6.45, 7) is 3.92. The Kier molecular flexibility index (Phi) is 5.36. The first-order valence-corrected chi connectivity index (χ1v) is 7.94. The largest absolute Gasteiger partial charge is 0.369 e. The van der Waals surface area contributed by atoms with E-state index in [4.69, 9.17) is 5.73 Å². The number of hydrogen-bond acceptors (Lipinski definition) is 2. The number of nitrogens with one attached hydrogen (secondary N) is 2. The van der Waals surface area contributed by atoms with Crippen molar-refractivity contribution in [3.63, 3.8) is 0 Å². The maximum atomic E-state index is 12.1. The molecule has 1 fully saturated rings. The Labute approximate surface area is 133 Å². The molecule has 2 rings (SSSR count). The predicted octanol–water partition coefficient (Wildman–Crippen LogP) is 0.476. The minimum atomic E-state index is -0.254. The Morgan fingerprint density at radius 3 is 2.90 bits per heavy atom. The van der Waals surface area contributed by atoms with Gasteiger partial charge in [-0.05, 0) is 43.5 Å². The van der Waals surface area contributed by atoms with Gasteiger partial charge in [0.15, 0.2) is 6.54 Å². The molecule has 1 aromatic rings. The smallest absolute Gasteiger partial charge is 0.279 e. The molecule has 4 N–H and O–H groups in total. The summed E-state index contributed by atoms with van der Waals surface area (Å²) in [5.41, 5.74) is 7.23. The van der Waals surface area contributed by atoms with E-state index >= 15 is 0 Å². The van der Waals surface area contributed by atoms with Gasteiger partial charge in [0.05, 0.1) is 19.0 Å². The first-order chi connectivity index (χ1) is 9.95. The number of halogens is 1. The molecular formula is C15H21BrN3O2+. The van der Waals surface area contributed by atoms with Gasteiger partial charge in [0.1, 0.15) is 0 Å². The number of rotatable bonds is 4. The van der Waals surface area contributed by atoms with E-state index in [0.717, 1.165) is 40.0 Å². The van der Waals surface area contributed by atoms with E-state index in [1.807, 2.05) is 25.1 Å². The fourth-order valence-electron chi connectivity index (χ4n) is 2.71. The number of quaternary nitrogens is 1. The summed E-state index contributed by atoms with van der Waals surface area (Å²) >= 11 is 3.43. The van der Waals surface area contributed by atoms with E-state index < -0.39 is 0 Å². The molecule has 1 unspecified atom stereocenters. The lowest BCUT2D eigenvalue weighted by Gasteiger charge is -2.27. The third kappa shape index (κ3) is 4.54. The molecule has 1 aliphatic heterocycles. The van der Waals surface area contributed by atoms with Crippen molar-refractivity contribution in [3.05, 3.63) is 28.2 Å². The Morgan fingerprint density at radius 1 is 1.48 bits per heavy atom. The summed E-state index contributed by atoms with van der Waals surface area (Å²) in [5, 5.41) is 2.90. The van der Waals surface area contributed by atoms with Crippen LogP contribution in [-0.2, 0) is 9.59 Å². The van der Waals surface area contributed by atoms with E-state index in [1.165, 1.54) is 0 Å². The number of amides is 2. The number of likely N-dealkylation sites (tertiary alicyclic amines) is 1. The number of primary amides is 1. The van der Waals surface area contributed by atoms with Gasteiger partial charge in [-0.1, -0.05) is 15.9 Å². The van der Waals surface area contributed by atoms with Crippen molar-refractivity contribution >= 4 is 33.4 Å². The van der Waals surface area contributed by atoms with Gasteiger partial charge in [0, 0.05) is 10.2 Å². The van der Waals surface area contributed by atoms with Crippen molar-refractivity contribution in [1.29, 1.82) is 0 Å². The number of piperidine rings is 1. The molecule has 1 heterocycles. The molecule has 0 saturated carbocycles. The maximum absolute atomic E-state index is 12.1. The van der Waals surface area contributed by atoms with Gasteiger partial charge in [-0.3, -0.25) is 9.59 Å². The quantitative estimate of drug-likeness (QED) is 0.735. The van der Waals surface area contributed by atoms with Gasteiger partial charge < -0.3 is 16.0 Å². The molecular weight excluding hydrogens is 334 g/mol. The Balaban J connectivity index is 1.89. The van der Waals surface area contributed by atoms with E-state index in [2.05, 4.69) is 21.2 Å². The number of benzene rings is 1. The van der Waals surface area contributed by atoms with Gasteiger partial charge in [0.2, 0.25) is 5.91 Å². The van der Waals surface area contributed by atoms with Crippen molar-refractivity contribution < 1.29 is 14.5 Å². The van der Waals surface area contributed by atoms with Crippen molar-refractivity contribution in [1.82, 2.24) is 0 Å². The monoisotopic (exact) mass is 354 g/mol. The average molecular weight is 355 g/mol. The van der Waals surface area contributed by atoms with E-state index in [9.17, 15) is 9.59 Å². The molecule has 21 heavy (non-hydrogen) atoms. The highest BCUT2D eigenvalue weighted by Crippen LogP contribution is 2.19. The molecule has 1 aliphatic rings. The molecule has 0 aliphatic carbocycles. The normalized spacial score (nSPS) is 21.8. The van der Waals surface area contributed by atoms with E-state index in [-0.39, 0.29) is 17.7 Å². The summed E-state index contributed by atoms with van der Waals surface area (Å²) in [6.07, 6.45) is 1.78. The molecule has 0 spiro atoms. The zero-order valence-corrected chi connectivity index (χ0v) is 13.7. The van der Waals surface area contributed by atoms with Crippen LogP contribution in [0, 0.1) is 12.8 Å². The standard InChI is InChI=1S/C15H20BrN3O2/c1-10-7-12(4-5-13(10)16)18-14(20)9-19-6-2-3-11(8-19)15(17)21/h4-5,7,11H,2-3,6,8-9H2,1H3,(H2,17,21)(H,18,20)/p+1/t11-/m0/s1. The molecule has 6 heteroatoms. The topological polar surface area (TPSA) is 76.6 Å². The molecule has 0 bridgehead atoms. The maximum Gasteiger partial charge on any atom is 0.279 e. The summed E-state index contributed by atoms with van der Waals surface area (Å²) in [6, 6.07) is 5.72. The molecule has 0 aromatic heterocycles. The molecule has 114 valence electrons. The highest BCUT2D eigenvalue weighted by molar-refractivity contribution is 9.10. The molecule has 1 aromatic carbocycles. The number of aryl methyl sites for hydroxylation is 1. The number of anilines is 1. The third-order valence-corrected chi connectivity index (χ3v) is 4.76. The number of nitrogens with two attached hydrogens (primary N) is 1. The van der Waals surface area contributed by atoms with E-state index in [1.54, 1.807) is 0 Å². The molecule has 5 nitrogen and oxygen atoms in total. The van der Waals surface area contributed by atoms with Crippen LogP contribution in [-0.4, -0.2) is 31.4 Å². The zero-order valence-electron chi connectivity index (χ0n) is 12.1. The van der Waals surface area contributed by atoms with Crippen molar-refractivity contribution in [2.75, 3.05) is 25.0 Å². The van der Waals surface area contributed by atoms with Crippen LogP contribution >= 0.6 is 15.9 Å². The van der Waals surface area contributed by atoms with Crippen LogP contribution in [0.2, 0.25) is 0 Å². The van der Waals surface area contributed by atoms with Gasteiger partial charge in [-0.15, -0.1) is 0 Å². The van der Waals surface area contributed by atoms with Gasteiger partial charge >= 0.3 is 0 Å². The van der Waals surface area contributed by atoms with Crippen LogP contribution in [0.15, 0.2) is 22.7 Å². The van der Waals surface area contributed by atoms with Crippen LogP contribution in [0.3, 0.4) is 0 Å². The highest BCUT2D eigenvalue weighted by Gasteiger charge is 2.28. The Morgan fingerprint density at radius 2 is 2.24 bits per heavy atom. The number of carbonyl (C=O) groups excluding carboxylic acids is 2. The second kappa shape index (κ2) is 7.04. The zero-order chi connectivity index (χ0) is 15.4. The number of carbonyl (C=O) groups is 2. The summed E-state index contributed by atoms with van der Waals surface area (Å²) in [4.78, 5) is 24.5. The van der Waals surface area contributed by atoms with E-state index in [0.29, 0.717) is 13.1 Å². The third-order valence-electron chi connectivity index (χ3n) is 3.87. The second-order valence-corrected chi connectivity index (χ2v) is 6.49. The minimum absolute atomic E-state index is 0.0307. The van der Waals surface area contributed by atoms with Crippen LogP contribution < -0.4 is 16.0 Å². The second-order valence-electron chi connectivity index (χ2n) is 5.63. The Hall–Kier alpha value is -1.40. The lowest BCUT2D eigenvalue weighted by Crippen LogP contribution is -3.14. The average Bonchev–Trinajstić information content (AvgIpc) is 2.43. The van der Waals surface area contributed by atoms with Crippen molar-refractivity contribution in [3.8, 4) is 0 Å². The predicted molar refractivity (Wildman–Crippen MR) is 85.0 cm³/mol. The van der Waals surface area contributed by atoms with Crippen LogP contribution in [0.5, 0.6) is 0 Å². The summed E-state index contributed by atoms with van der Waals surface area (Å²) < 4.78 is 1.02. The van der Waals surface area contributed by atoms with Crippen LogP contribution in [0.25, 0.3) is 0 Å². The summed E-state index contributed by atoms with van der Waals surface area (Å²) in [5.74, 6) is -0.385. The molecule has 2 atom stereocenters. The first kappa shape index (κ1) is 16.0. The minimum Gasteiger partial charge on any atom is -0.369 e. The number of hydrogen-bond donors (Lipinski definition) is 3. The molecule has 1 saturated heterocycles. The Bertz CT molecular complexity index is 548. The lowest BCUT2D eigenvalue weighted by molar-refractivity contribution is -0.899.